The molecule has 0 unspecified atom stereocenters. The number of thiophene rings is 2. The van der Waals surface area contributed by atoms with Crippen LogP contribution in [0.1, 0.15) is 36.9 Å². The van der Waals surface area contributed by atoms with E-state index in [1.807, 2.05) is 41.5 Å². The molecular weight excluding hydrogens is 428 g/mol. The summed E-state index contributed by atoms with van der Waals surface area (Å²) in [6.45, 7) is 3.21. The summed E-state index contributed by atoms with van der Waals surface area (Å²) < 4.78 is 0. The Balaban J connectivity index is 1.34. The predicted molar refractivity (Wildman–Crippen MR) is 124 cm³/mol. The molecule has 6 nitrogen and oxygen atoms in total. The van der Waals surface area contributed by atoms with Gasteiger partial charge in [0.15, 0.2) is 5.69 Å². The van der Waals surface area contributed by atoms with E-state index in [0.717, 1.165) is 22.6 Å². The predicted octanol–water partition coefficient (Wildman–Crippen LogP) is 4.96. The second kappa shape index (κ2) is 8.13. The monoisotopic (exact) mass is 448 g/mol. The fraction of sp³-hybridized carbons (Fsp3) is 0.174. The highest BCUT2D eigenvalue weighted by molar-refractivity contribution is 7.13. The molecule has 1 aliphatic heterocycles. The molecule has 0 spiro atoms. The van der Waals surface area contributed by atoms with Gasteiger partial charge in [-0.1, -0.05) is 12.1 Å². The first-order chi connectivity index (χ1) is 15.1. The van der Waals surface area contributed by atoms with Crippen LogP contribution in [0.4, 0.5) is 5.69 Å². The minimum atomic E-state index is -0.312. The summed E-state index contributed by atoms with van der Waals surface area (Å²) in [4.78, 5) is 30.2. The van der Waals surface area contributed by atoms with E-state index in [2.05, 4.69) is 27.0 Å². The Kier molecular flexibility index (Phi) is 5.17. The SMILES string of the molecule is Cc1c(NC(=O)c2cc(-c3cccs3)[nH]n2)cccc1C(=O)N1CCc2sccc2C1. The molecule has 0 saturated heterocycles. The number of benzene rings is 1. The smallest absolute Gasteiger partial charge is 0.276 e. The molecule has 4 heterocycles. The van der Waals surface area contributed by atoms with E-state index in [1.165, 1.54) is 10.4 Å². The lowest BCUT2D eigenvalue weighted by molar-refractivity contribution is 0.0735. The van der Waals surface area contributed by atoms with E-state index in [4.69, 9.17) is 0 Å². The van der Waals surface area contributed by atoms with Gasteiger partial charge < -0.3 is 10.2 Å². The zero-order chi connectivity index (χ0) is 21.4. The molecule has 3 aromatic heterocycles. The standard InChI is InChI=1S/C23H20N4O2S2/c1-14-16(23(29)27-9-7-20-15(13-27)8-11-31-20)4-2-5-17(14)24-22(28)19-12-18(25-26-19)21-6-3-10-30-21/h2-6,8,10-12H,7,9,13H2,1H3,(H,24,28)(H,25,26). The maximum Gasteiger partial charge on any atom is 0.276 e. The molecule has 2 N–H and O–H groups in total. The lowest BCUT2D eigenvalue weighted by Crippen LogP contribution is -2.35. The maximum absolute atomic E-state index is 13.2. The normalized spacial score (nSPS) is 13.1. The van der Waals surface area contributed by atoms with Gasteiger partial charge in [0, 0.05) is 29.2 Å². The van der Waals surface area contributed by atoms with Crippen LogP contribution >= 0.6 is 22.7 Å². The van der Waals surface area contributed by atoms with Gasteiger partial charge in [-0.05, 0) is 65.6 Å². The Hall–Kier alpha value is -3.23. The Bertz CT molecular complexity index is 1260. The number of carbonyl (C=O) groups excluding carboxylic acids is 2. The van der Waals surface area contributed by atoms with Crippen LogP contribution in [0.15, 0.2) is 53.2 Å². The van der Waals surface area contributed by atoms with E-state index in [9.17, 15) is 9.59 Å². The van der Waals surface area contributed by atoms with E-state index in [1.54, 1.807) is 34.8 Å². The van der Waals surface area contributed by atoms with Crippen molar-refractivity contribution in [1.82, 2.24) is 15.1 Å². The first-order valence-corrected chi connectivity index (χ1v) is 11.7. The number of fused-ring (bicyclic) bond motifs is 1. The maximum atomic E-state index is 13.2. The second-order valence-corrected chi connectivity index (χ2v) is 9.37. The van der Waals surface area contributed by atoms with Crippen LogP contribution in [0.5, 0.6) is 0 Å². The number of hydrogen-bond donors (Lipinski definition) is 2. The number of carbonyl (C=O) groups is 2. The van der Waals surface area contributed by atoms with E-state index in [-0.39, 0.29) is 11.8 Å². The van der Waals surface area contributed by atoms with Crippen LogP contribution in [0.3, 0.4) is 0 Å². The van der Waals surface area contributed by atoms with Gasteiger partial charge in [-0.25, -0.2) is 0 Å². The lowest BCUT2D eigenvalue weighted by atomic mass is 10.0. The summed E-state index contributed by atoms with van der Waals surface area (Å²) >= 11 is 3.33. The minimum absolute atomic E-state index is 0.00907. The molecule has 156 valence electrons. The molecule has 0 fully saturated rings. The van der Waals surface area contributed by atoms with Gasteiger partial charge in [-0.3, -0.25) is 14.7 Å². The summed E-state index contributed by atoms with van der Waals surface area (Å²) in [6.07, 6.45) is 0.889. The highest BCUT2D eigenvalue weighted by Crippen LogP contribution is 2.28. The Morgan fingerprint density at radius 3 is 2.87 bits per heavy atom. The van der Waals surface area contributed by atoms with Gasteiger partial charge >= 0.3 is 0 Å². The van der Waals surface area contributed by atoms with Gasteiger partial charge in [-0.15, -0.1) is 22.7 Å². The summed E-state index contributed by atoms with van der Waals surface area (Å²) in [5.74, 6) is -0.321. The van der Waals surface area contributed by atoms with Gasteiger partial charge in [0.1, 0.15) is 0 Å². The number of anilines is 1. The summed E-state index contributed by atoms with van der Waals surface area (Å²) in [7, 11) is 0. The molecule has 4 aromatic rings. The Labute approximate surface area is 187 Å². The zero-order valence-corrected chi connectivity index (χ0v) is 18.5. The number of nitrogens with zero attached hydrogens (tertiary/aromatic N) is 2. The number of rotatable bonds is 4. The van der Waals surface area contributed by atoms with Gasteiger partial charge in [-0.2, -0.15) is 5.10 Å². The molecule has 0 radical (unpaired) electrons. The quantitative estimate of drug-likeness (QED) is 0.463. The van der Waals surface area contributed by atoms with Crippen LogP contribution in [0.2, 0.25) is 0 Å². The number of amides is 2. The first-order valence-electron chi connectivity index (χ1n) is 9.95. The van der Waals surface area contributed by atoms with Crippen LogP contribution in [0.25, 0.3) is 10.6 Å². The van der Waals surface area contributed by atoms with Gasteiger partial charge in [0.25, 0.3) is 11.8 Å². The molecule has 0 saturated carbocycles. The lowest BCUT2D eigenvalue weighted by Gasteiger charge is -2.28. The summed E-state index contributed by atoms with van der Waals surface area (Å²) in [5, 5.41) is 14.0. The largest absolute Gasteiger partial charge is 0.334 e. The van der Waals surface area contributed by atoms with Crippen molar-refractivity contribution in [1.29, 1.82) is 0 Å². The van der Waals surface area contributed by atoms with Crippen molar-refractivity contribution in [2.24, 2.45) is 0 Å². The Morgan fingerprint density at radius 2 is 2.03 bits per heavy atom. The van der Waals surface area contributed by atoms with Crippen molar-refractivity contribution in [3.63, 3.8) is 0 Å². The molecule has 0 aliphatic carbocycles. The molecule has 0 atom stereocenters. The van der Waals surface area contributed by atoms with Crippen LogP contribution < -0.4 is 5.32 Å². The molecule has 1 aromatic carbocycles. The van der Waals surface area contributed by atoms with Crippen molar-refractivity contribution < 1.29 is 9.59 Å². The average Bonchev–Trinajstić information content (AvgIpc) is 3.55. The van der Waals surface area contributed by atoms with Gasteiger partial charge in [0.2, 0.25) is 0 Å². The number of aromatic amines is 1. The molecule has 31 heavy (non-hydrogen) atoms. The van der Waals surface area contributed by atoms with Crippen LogP contribution in [-0.2, 0) is 13.0 Å². The van der Waals surface area contributed by atoms with Crippen molar-refractivity contribution in [2.45, 2.75) is 19.9 Å². The van der Waals surface area contributed by atoms with Crippen molar-refractivity contribution in [3.8, 4) is 10.6 Å². The van der Waals surface area contributed by atoms with E-state index in [0.29, 0.717) is 30.0 Å². The highest BCUT2D eigenvalue weighted by atomic mass is 32.1. The van der Waals surface area contributed by atoms with Crippen molar-refractivity contribution in [2.75, 3.05) is 11.9 Å². The molecule has 1 aliphatic rings. The fourth-order valence-electron chi connectivity index (χ4n) is 3.78. The third-order valence-corrected chi connectivity index (χ3v) is 7.43. The number of aromatic nitrogens is 2. The first kappa shape index (κ1) is 19.7. The molecule has 0 bridgehead atoms. The topological polar surface area (TPSA) is 78.1 Å². The molecular formula is C23H20N4O2S2. The van der Waals surface area contributed by atoms with E-state index < -0.39 is 0 Å². The molecule has 2 amide bonds. The second-order valence-electron chi connectivity index (χ2n) is 7.42. The van der Waals surface area contributed by atoms with Crippen LogP contribution in [0, 0.1) is 6.92 Å². The molecule has 8 heteroatoms. The highest BCUT2D eigenvalue weighted by Gasteiger charge is 2.24. The number of nitrogens with one attached hydrogen (secondary N) is 2. The average molecular weight is 449 g/mol. The van der Waals surface area contributed by atoms with Crippen molar-refractivity contribution >= 4 is 40.2 Å². The summed E-state index contributed by atoms with van der Waals surface area (Å²) in [5.41, 5.74) is 4.32. The van der Waals surface area contributed by atoms with E-state index >= 15 is 0 Å². The zero-order valence-electron chi connectivity index (χ0n) is 16.8. The number of hydrogen-bond acceptors (Lipinski definition) is 5. The third-order valence-electron chi connectivity index (χ3n) is 5.50. The van der Waals surface area contributed by atoms with Crippen molar-refractivity contribution in [3.05, 3.63) is 80.5 Å². The minimum Gasteiger partial charge on any atom is -0.334 e. The van der Waals surface area contributed by atoms with Gasteiger partial charge in [0.05, 0.1) is 10.6 Å². The number of H-pyrrole nitrogens is 1. The summed E-state index contributed by atoms with van der Waals surface area (Å²) in [6, 6.07) is 13.2. The Morgan fingerprint density at radius 1 is 1.13 bits per heavy atom. The molecule has 5 rings (SSSR count). The third kappa shape index (κ3) is 3.80. The fourth-order valence-corrected chi connectivity index (χ4v) is 5.36. The van der Waals surface area contributed by atoms with Crippen LogP contribution in [-0.4, -0.2) is 33.5 Å².